The summed E-state index contributed by atoms with van der Waals surface area (Å²) in [4.78, 5) is 23.2. The molecule has 0 atom stereocenters. The van der Waals surface area contributed by atoms with Crippen LogP contribution in [0, 0.1) is 0 Å². The molecular formula is C13H19N7. The molecule has 0 aromatic carbocycles. The van der Waals surface area contributed by atoms with Gasteiger partial charge in [0.25, 0.3) is 0 Å². The second-order valence-corrected chi connectivity index (χ2v) is 5.70. The van der Waals surface area contributed by atoms with E-state index in [0.29, 0.717) is 6.04 Å². The Labute approximate surface area is 117 Å². The van der Waals surface area contributed by atoms with Crippen molar-refractivity contribution in [3.05, 3.63) is 12.7 Å². The van der Waals surface area contributed by atoms with Gasteiger partial charge in [0.05, 0.1) is 6.33 Å². The fourth-order valence-electron chi connectivity index (χ4n) is 3.04. The van der Waals surface area contributed by atoms with Crippen molar-refractivity contribution in [2.75, 3.05) is 51.2 Å². The molecule has 2 aliphatic heterocycles. The van der Waals surface area contributed by atoms with E-state index in [9.17, 15) is 0 Å². The Morgan fingerprint density at radius 2 is 1.90 bits per heavy atom. The van der Waals surface area contributed by atoms with Crippen LogP contribution < -0.4 is 4.90 Å². The van der Waals surface area contributed by atoms with E-state index in [1.807, 2.05) is 0 Å². The average molecular weight is 273 g/mol. The summed E-state index contributed by atoms with van der Waals surface area (Å²) in [5.74, 6) is 0.984. The van der Waals surface area contributed by atoms with Crippen LogP contribution in [0.1, 0.15) is 0 Å². The van der Waals surface area contributed by atoms with Crippen LogP contribution in [-0.2, 0) is 0 Å². The number of nitrogens with one attached hydrogen (secondary N) is 1. The lowest BCUT2D eigenvalue weighted by molar-refractivity contribution is 0.0961. The van der Waals surface area contributed by atoms with Crippen molar-refractivity contribution in [2.24, 2.45) is 0 Å². The molecule has 2 aliphatic rings. The summed E-state index contributed by atoms with van der Waals surface area (Å²) >= 11 is 0. The van der Waals surface area contributed by atoms with Gasteiger partial charge < -0.3 is 14.8 Å². The molecule has 0 unspecified atom stereocenters. The lowest BCUT2D eigenvalue weighted by Gasteiger charge is -2.48. The average Bonchev–Trinajstić information content (AvgIpc) is 2.88. The van der Waals surface area contributed by atoms with Crippen molar-refractivity contribution in [1.82, 2.24) is 29.7 Å². The fourth-order valence-corrected chi connectivity index (χ4v) is 3.04. The maximum atomic E-state index is 4.41. The molecule has 2 fully saturated rings. The molecule has 4 heterocycles. The zero-order valence-corrected chi connectivity index (χ0v) is 11.7. The van der Waals surface area contributed by atoms with Crippen LogP contribution in [0.15, 0.2) is 12.7 Å². The molecule has 0 radical (unpaired) electrons. The van der Waals surface area contributed by atoms with Crippen molar-refractivity contribution in [3.63, 3.8) is 0 Å². The van der Waals surface area contributed by atoms with Crippen LogP contribution in [0.4, 0.5) is 5.82 Å². The number of nitrogens with zero attached hydrogens (tertiary/aromatic N) is 6. The lowest BCUT2D eigenvalue weighted by Crippen LogP contribution is -2.63. The first kappa shape index (κ1) is 12.0. The molecule has 0 bridgehead atoms. The Balaban J connectivity index is 1.45. The molecule has 0 amide bonds. The number of fused-ring (bicyclic) bond motifs is 1. The number of likely N-dealkylation sites (N-methyl/N-ethyl adjacent to an activating group) is 1. The minimum atomic E-state index is 0.664. The molecule has 2 aromatic heterocycles. The Kier molecular flexibility index (Phi) is 2.82. The standard InChI is InChI=1S/C13H19N7/c1-18-2-4-19(5-3-18)10-6-20(7-10)13-11-12(15-8-14-11)16-9-17-13/h8-10H,2-7H2,1H3,(H,14,15,16,17). The SMILES string of the molecule is CN1CCN(C2CN(c3ncnc4nc[nH]c34)C2)CC1. The predicted molar refractivity (Wildman–Crippen MR) is 76.8 cm³/mol. The number of hydrogen-bond donors (Lipinski definition) is 1. The van der Waals surface area contributed by atoms with E-state index in [4.69, 9.17) is 0 Å². The molecule has 0 spiro atoms. The molecule has 106 valence electrons. The first-order valence-corrected chi connectivity index (χ1v) is 7.13. The van der Waals surface area contributed by atoms with Crippen LogP contribution in [0.3, 0.4) is 0 Å². The fraction of sp³-hybridized carbons (Fsp3) is 0.615. The number of H-pyrrole nitrogens is 1. The van der Waals surface area contributed by atoms with E-state index in [2.05, 4.69) is 41.7 Å². The number of anilines is 1. The van der Waals surface area contributed by atoms with Crippen LogP contribution >= 0.6 is 0 Å². The van der Waals surface area contributed by atoms with Gasteiger partial charge in [0.1, 0.15) is 11.8 Å². The maximum Gasteiger partial charge on any atom is 0.182 e. The highest BCUT2D eigenvalue weighted by Gasteiger charge is 2.34. The highest BCUT2D eigenvalue weighted by Crippen LogP contribution is 2.26. The molecule has 2 saturated heterocycles. The summed E-state index contributed by atoms with van der Waals surface area (Å²) < 4.78 is 0. The van der Waals surface area contributed by atoms with Crippen LogP contribution in [-0.4, -0.2) is 82.1 Å². The normalized spacial score (nSPS) is 22.4. The highest BCUT2D eigenvalue weighted by molar-refractivity contribution is 5.83. The smallest absolute Gasteiger partial charge is 0.182 e. The van der Waals surface area contributed by atoms with Crippen LogP contribution in [0.25, 0.3) is 11.2 Å². The van der Waals surface area contributed by atoms with Crippen LogP contribution in [0.2, 0.25) is 0 Å². The largest absolute Gasteiger partial charge is 0.351 e. The van der Waals surface area contributed by atoms with Gasteiger partial charge in [-0.1, -0.05) is 0 Å². The molecule has 1 N–H and O–H groups in total. The summed E-state index contributed by atoms with van der Waals surface area (Å²) in [5.41, 5.74) is 1.70. The molecule has 0 saturated carbocycles. The van der Waals surface area contributed by atoms with Gasteiger partial charge in [0.2, 0.25) is 0 Å². The third-order valence-corrected chi connectivity index (χ3v) is 4.42. The zero-order chi connectivity index (χ0) is 13.5. The predicted octanol–water partition coefficient (Wildman–Crippen LogP) is -0.211. The zero-order valence-electron chi connectivity index (χ0n) is 11.7. The second-order valence-electron chi connectivity index (χ2n) is 5.70. The third kappa shape index (κ3) is 1.94. The topological polar surface area (TPSA) is 64.2 Å². The van der Waals surface area contributed by atoms with Gasteiger partial charge in [-0.3, -0.25) is 4.90 Å². The first-order valence-electron chi connectivity index (χ1n) is 7.13. The Morgan fingerprint density at radius 3 is 2.70 bits per heavy atom. The highest BCUT2D eigenvalue weighted by atomic mass is 15.4. The van der Waals surface area contributed by atoms with Gasteiger partial charge in [-0.2, -0.15) is 0 Å². The number of aromatic nitrogens is 4. The van der Waals surface area contributed by atoms with Crippen molar-refractivity contribution in [2.45, 2.75) is 6.04 Å². The Morgan fingerprint density at radius 1 is 1.10 bits per heavy atom. The molecule has 7 nitrogen and oxygen atoms in total. The summed E-state index contributed by atoms with van der Waals surface area (Å²) in [6, 6.07) is 0.664. The van der Waals surface area contributed by atoms with E-state index in [1.165, 1.54) is 26.2 Å². The Hall–Kier alpha value is -1.73. The van der Waals surface area contributed by atoms with Gasteiger partial charge in [-0.15, -0.1) is 0 Å². The van der Waals surface area contributed by atoms with E-state index >= 15 is 0 Å². The quantitative estimate of drug-likeness (QED) is 0.817. The third-order valence-electron chi connectivity index (χ3n) is 4.42. The summed E-state index contributed by atoms with van der Waals surface area (Å²) in [5, 5.41) is 0. The van der Waals surface area contributed by atoms with Gasteiger partial charge >= 0.3 is 0 Å². The van der Waals surface area contributed by atoms with E-state index in [1.54, 1.807) is 12.7 Å². The number of aromatic amines is 1. The van der Waals surface area contributed by atoms with Gasteiger partial charge in [0, 0.05) is 45.3 Å². The van der Waals surface area contributed by atoms with Crippen molar-refractivity contribution < 1.29 is 0 Å². The number of piperazine rings is 1. The molecular weight excluding hydrogens is 254 g/mol. The first-order chi connectivity index (χ1) is 9.81. The molecule has 0 aliphatic carbocycles. The molecule has 20 heavy (non-hydrogen) atoms. The van der Waals surface area contributed by atoms with E-state index < -0.39 is 0 Å². The summed E-state index contributed by atoms with van der Waals surface area (Å²) in [6.07, 6.45) is 3.28. The lowest BCUT2D eigenvalue weighted by atomic mass is 10.1. The van der Waals surface area contributed by atoms with Gasteiger partial charge in [-0.25, -0.2) is 15.0 Å². The maximum absolute atomic E-state index is 4.41. The minimum absolute atomic E-state index is 0.664. The molecule has 2 aromatic rings. The molecule has 4 rings (SSSR count). The van der Waals surface area contributed by atoms with Crippen molar-refractivity contribution >= 4 is 17.0 Å². The monoisotopic (exact) mass is 273 g/mol. The minimum Gasteiger partial charge on any atom is -0.351 e. The van der Waals surface area contributed by atoms with E-state index in [0.717, 1.165) is 30.1 Å². The number of hydrogen-bond acceptors (Lipinski definition) is 6. The Bertz CT molecular complexity index is 596. The van der Waals surface area contributed by atoms with Crippen molar-refractivity contribution in [3.8, 4) is 0 Å². The van der Waals surface area contributed by atoms with Crippen LogP contribution in [0.5, 0.6) is 0 Å². The van der Waals surface area contributed by atoms with Crippen molar-refractivity contribution in [1.29, 1.82) is 0 Å². The van der Waals surface area contributed by atoms with Gasteiger partial charge in [-0.05, 0) is 7.05 Å². The number of rotatable bonds is 2. The van der Waals surface area contributed by atoms with Gasteiger partial charge in [0.15, 0.2) is 11.5 Å². The summed E-state index contributed by atoms with van der Waals surface area (Å²) in [7, 11) is 2.19. The number of imidazole rings is 1. The summed E-state index contributed by atoms with van der Waals surface area (Å²) in [6.45, 7) is 6.81. The molecule has 7 heteroatoms. The second kappa shape index (κ2) is 4.68. The van der Waals surface area contributed by atoms with E-state index in [-0.39, 0.29) is 0 Å².